The highest BCUT2D eigenvalue weighted by Gasteiger charge is 2.17. The maximum absolute atomic E-state index is 12.2. The fraction of sp³-hybridized carbons (Fsp3) is 0.316. The van der Waals surface area contributed by atoms with E-state index in [9.17, 15) is 13.2 Å². The largest absolute Gasteiger partial charge is 0.493 e. The molecule has 0 radical (unpaired) electrons. The van der Waals surface area contributed by atoms with Gasteiger partial charge in [-0.05, 0) is 29.8 Å². The molecular formula is C19H23NO6S. The number of benzene rings is 2. The molecule has 8 heteroatoms. The minimum Gasteiger partial charge on any atom is -0.493 e. The Balaban J connectivity index is 1.98. The van der Waals surface area contributed by atoms with Gasteiger partial charge in [-0.15, -0.1) is 0 Å². The molecular weight excluding hydrogens is 370 g/mol. The van der Waals surface area contributed by atoms with Crippen molar-refractivity contribution >= 4 is 15.7 Å². The van der Waals surface area contributed by atoms with Crippen LogP contribution in [0.1, 0.15) is 12.0 Å². The Morgan fingerprint density at radius 3 is 2.07 bits per heavy atom. The fourth-order valence-corrected chi connectivity index (χ4v) is 3.76. The summed E-state index contributed by atoms with van der Waals surface area (Å²) in [5, 5.41) is 2.71. The monoisotopic (exact) mass is 393 g/mol. The Morgan fingerprint density at radius 2 is 1.56 bits per heavy atom. The van der Waals surface area contributed by atoms with E-state index in [1.165, 1.54) is 33.5 Å². The van der Waals surface area contributed by atoms with Gasteiger partial charge in [-0.3, -0.25) is 4.79 Å². The molecule has 0 fully saturated rings. The molecule has 0 bridgehead atoms. The number of hydrogen-bond donors (Lipinski definition) is 1. The lowest BCUT2D eigenvalue weighted by molar-refractivity contribution is -0.120. The van der Waals surface area contributed by atoms with Crippen molar-refractivity contribution < 1.29 is 27.4 Å². The van der Waals surface area contributed by atoms with E-state index in [0.29, 0.717) is 17.2 Å². The van der Waals surface area contributed by atoms with Gasteiger partial charge in [-0.1, -0.05) is 18.2 Å². The van der Waals surface area contributed by atoms with Crippen molar-refractivity contribution in [1.29, 1.82) is 0 Å². The number of rotatable bonds is 9. The van der Waals surface area contributed by atoms with E-state index in [1.807, 2.05) is 0 Å². The lowest BCUT2D eigenvalue weighted by Gasteiger charge is -2.14. The second-order valence-electron chi connectivity index (χ2n) is 5.69. The molecule has 0 saturated carbocycles. The van der Waals surface area contributed by atoms with Gasteiger partial charge in [0.25, 0.3) is 0 Å². The third-order valence-corrected chi connectivity index (χ3v) is 5.65. The first-order valence-corrected chi connectivity index (χ1v) is 9.90. The van der Waals surface area contributed by atoms with Crippen LogP contribution in [0.4, 0.5) is 0 Å². The summed E-state index contributed by atoms with van der Waals surface area (Å²) in [4.78, 5) is 12.3. The highest BCUT2D eigenvalue weighted by atomic mass is 32.2. The van der Waals surface area contributed by atoms with Gasteiger partial charge in [0, 0.05) is 13.0 Å². The quantitative estimate of drug-likeness (QED) is 0.702. The molecule has 0 aliphatic carbocycles. The Labute approximate surface area is 159 Å². The van der Waals surface area contributed by atoms with Crippen LogP contribution >= 0.6 is 0 Å². The van der Waals surface area contributed by atoms with Crippen LogP contribution in [0.5, 0.6) is 17.2 Å². The fourth-order valence-electron chi connectivity index (χ4n) is 2.50. The number of hydrogen-bond acceptors (Lipinski definition) is 6. The van der Waals surface area contributed by atoms with Crippen LogP contribution in [0, 0.1) is 0 Å². The van der Waals surface area contributed by atoms with E-state index in [4.69, 9.17) is 14.2 Å². The molecule has 0 saturated heterocycles. The maximum Gasteiger partial charge on any atom is 0.221 e. The lowest BCUT2D eigenvalue weighted by atomic mass is 10.1. The average molecular weight is 393 g/mol. The number of ether oxygens (including phenoxy) is 3. The second-order valence-corrected chi connectivity index (χ2v) is 7.80. The summed E-state index contributed by atoms with van der Waals surface area (Å²) >= 11 is 0. The zero-order chi connectivity index (χ0) is 19.9. The number of methoxy groups -OCH3 is 3. The summed E-state index contributed by atoms with van der Waals surface area (Å²) in [5.74, 6) is 0.811. The highest BCUT2D eigenvalue weighted by molar-refractivity contribution is 7.91. The van der Waals surface area contributed by atoms with Gasteiger partial charge in [0.2, 0.25) is 11.7 Å². The number of amides is 1. The van der Waals surface area contributed by atoms with Crippen molar-refractivity contribution in [2.75, 3.05) is 27.1 Å². The predicted octanol–water partition coefficient (Wildman–Crippen LogP) is 2.19. The van der Waals surface area contributed by atoms with Crippen LogP contribution in [0.2, 0.25) is 0 Å². The number of carbonyl (C=O) groups is 1. The SMILES string of the molecule is COc1cc(CNC(=O)CCS(=O)(=O)c2ccccc2)cc(OC)c1OC. The van der Waals surface area contributed by atoms with Crippen molar-refractivity contribution in [3.05, 3.63) is 48.0 Å². The van der Waals surface area contributed by atoms with Crippen LogP contribution in [-0.4, -0.2) is 41.4 Å². The third-order valence-electron chi connectivity index (χ3n) is 3.91. The van der Waals surface area contributed by atoms with Crippen molar-refractivity contribution in [2.45, 2.75) is 17.9 Å². The first-order chi connectivity index (χ1) is 12.9. The second kappa shape index (κ2) is 9.27. The summed E-state index contributed by atoms with van der Waals surface area (Å²) < 4.78 is 40.2. The van der Waals surface area contributed by atoms with Crippen LogP contribution in [-0.2, 0) is 21.2 Å². The molecule has 1 amide bonds. The van der Waals surface area contributed by atoms with E-state index in [1.54, 1.807) is 30.3 Å². The van der Waals surface area contributed by atoms with Gasteiger partial charge >= 0.3 is 0 Å². The van der Waals surface area contributed by atoms with Crippen LogP contribution in [0.25, 0.3) is 0 Å². The van der Waals surface area contributed by atoms with Crippen molar-refractivity contribution in [1.82, 2.24) is 5.32 Å². The van der Waals surface area contributed by atoms with Gasteiger partial charge in [0.1, 0.15) is 0 Å². The first kappa shape index (κ1) is 20.6. The molecule has 0 aromatic heterocycles. The molecule has 27 heavy (non-hydrogen) atoms. The molecule has 7 nitrogen and oxygen atoms in total. The van der Waals surface area contributed by atoms with Crippen LogP contribution in [0.3, 0.4) is 0 Å². The van der Waals surface area contributed by atoms with E-state index >= 15 is 0 Å². The average Bonchev–Trinajstić information content (AvgIpc) is 2.70. The standard InChI is InChI=1S/C19H23NO6S/c1-24-16-11-14(12-17(25-2)19(16)26-3)13-20-18(21)9-10-27(22,23)15-7-5-4-6-8-15/h4-8,11-12H,9-10,13H2,1-3H3,(H,20,21). The van der Waals surface area contributed by atoms with Crippen molar-refractivity contribution in [3.8, 4) is 17.2 Å². The number of carbonyl (C=O) groups excluding carboxylic acids is 1. The molecule has 0 heterocycles. The maximum atomic E-state index is 12.2. The zero-order valence-electron chi connectivity index (χ0n) is 15.5. The first-order valence-electron chi connectivity index (χ1n) is 8.24. The molecule has 0 unspecified atom stereocenters. The van der Waals surface area contributed by atoms with Crippen LogP contribution < -0.4 is 19.5 Å². The minimum absolute atomic E-state index is 0.123. The molecule has 2 aromatic rings. The molecule has 0 atom stereocenters. The van der Waals surface area contributed by atoms with Gasteiger partial charge in [0.15, 0.2) is 21.3 Å². The molecule has 2 aromatic carbocycles. The van der Waals surface area contributed by atoms with E-state index in [0.717, 1.165) is 5.56 Å². The van der Waals surface area contributed by atoms with E-state index in [-0.39, 0.29) is 29.5 Å². The minimum atomic E-state index is -3.49. The van der Waals surface area contributed by atoms with Crippen molar-refractivity contribution in [2.24, 2.45) is 0 Å². The number of nitrogens with one attached hydrogen (secondary N) is 1. The molecule has 0 spiro atoms. The number of sulfone groups is 1. The summed E-state index contributed by atoms with van der Waals surface area (Å²) in [6.07, 6.45) is -0.123. The molecule has 1 N–H and O–H groups in total. The highest BCUT2D eigenvalue weighted by Crippen LogP contribution is 2.38. The van der Waals surface area contributed by atoms with Gasteiger partial charge in [-0.25, -0.2) is 8.42 Å². The van der Waals surface area contributed by atoms with Gasteiger partial charge in [0.05, 0.1) is 32.0 Å². The van der Waals surface area contributed by atoms with Crippen LogP contribution in [0.15, 0.2) is 47.4 Å². The summed E-state index contributed by atoms with van der Waals surface area (Å²) in [7, 11) is 1.04. The summed E-state index contributed by atoms with van der Waals surface area (Å²) in [6, 6.07) is 11.5. The summed E-state index contributed by atoms with van der Waals surface area (Å²) in [5.41, 5.74) is 0.740. The smallest absolute Gasteiger partial charge is 0.221 e. The summed E-state index contributed by atoms with van der Waals surface area (Å²) in [6.45, 7) is 0.209. The van der Waals surface area contributed by atoms with E-state index < -0.39 is 9.84 Å². The van der Waals surface area contributed by atoms with Gasteiger partial charge in [-0.2, -0.15) is 0 Å². The van der Waals surface area contributed by atoms with Gasteiger partial charge < -0.3 is 19.5 Å². The zero-order valence-corrected chi connectivity index (χ0v) is 16.3. The Kier molecular flexibility index (Phi) is 7.06. The molecule has 2 rings (SSSR count). The predicted molar refractivity (Wildman–Crippen MR) is 101 cm³/mol. The van der Waals surface area contributed by atoms with E-state index in [2.05, 4.69) is 5.32 Å². The normalized spacial score (nSPS) is 10.9. The van der Waals surface area contributed by atoms with Crippen molar-refractivity contribution in [3.63, 3.8) is 0 Å². The molecule has 0 aliphatic heterocycles. The topological polar surface area (TPSA) is 90.9 Å². The Bertz CT molecular complexity index is 855. The Hall–Kier alpha value is -2.74. The molecule has 0 aliphatic rings. The Morgan fingerprint density at radius 1 is 0.963 bits per heavy atom. The molecule has 146 valence electrons. The lowest BCUT2D eigenvalue weighted by Crippen LogP contribution is -2.25. The third kappa shape index (κ3) is 5.37.